The van der Waals surface area contributed by atoms with Crippen LogP contribution in [0.5, 0.6) is 0 Å². The Labute approximate surface area is 124 Å². The molecule has 0 radical (unpaired) electrons. The van der Waals surface area contributed by atoms with Gasteiger partial charge in [-0.05, 0) is 73.1 Å². The number of nitrogens with one attached hydrogen (secondary N) is 1. The van der Waals surface area contributed by atoms with E-state index in [1.165, 1.54) is 24.8 Å². The first-order valence-corrected chi connectivity index (χ1v) is 8.61. The molecule has 3 rings (SSSR count). The molecule has 20 heavy (non-hydrogen) atoms. The van der Waals surface area contributed by atoms with E-state index in [1.807, 2.05) is 0 Å². The van der Waals surface area contributed by atoms with E-state index in [4.69, 9.17) is 0 Å². The summed E-state index contributed by atoms with van der Waals surface area (Å²) < 4.78 is 0. The van der Waals surface area contributed by atoms with Crippen LogP contribution < -0.4 is 5.32 Å². The highest BCUT2D eigenvalue weighted by molar-refractivity contribution is 5.35. The fourth-order valence-electron chi connectivity index (χ4n) is 4.26. The van der Waals surface area contributed by atoms with Crippen LogP contribution in [0.4, 0.5) is 0 Å². The van der Waals surface area contributed by atoms with Gasteiger partial charge in [0.2, 0.25) is 0 Å². The molecule has 1 N–H and O–H groups in total. The van der Waals surface area contributed by atoms with Gasteiger partial charge in [0.15, 0.2) is 0 Å². The van der Waals surface area contributed by atoms with Crippen molar-refractivity contribution in [2.75, 3.05) is 6.54 Å². The number of hydrogen-bond donors (Lipinski definition) is 1. The summed E-state index contributed by atoms with van der Waals surface area (Å²) in [5, 5.41) is 3.81. The summed E-state index contributed by atoms with van der Waals surface area (Å²) in [5.41, 5.74) is 4.64. The Hall–Kier alpha value is -0.820. The second-order valence-corrected chi connectivity index (χ2v) is 6.76. The summed E-state index contributed by atoms with van der Waals surface area (Å²) in [6.45, 7) is 7.88. The Kier molecular flexibility index (Phi) is 4.16. The van der Waals surface area contributed by atoms with Crippen LogP contribution in [0.3, 0.4) is 0 Å². The van der Waals surface area contributed by atoms with Crippen molar-refractivity contribution in [1.29, 1.82) is 0 Å². The maximum atomic E-state index is 3.81. The molecule has 110 valence electrons. The molecule has 0 aromatic heterocycles. The molecule has 1 aromatic rings. The lowest BCUT2D eigenvalue weighted by Gasteiger charge is -2.28. The minimum absolute atomic E-state index is 0.592. The van der Waals surface area contributed by atoms with Crippen LogP contribution in [0.1, 0.15) is 62.8 Å². The smallest absolute Gasteiger partial charge is 0.0351 e. The molecule has 2 aliphatic carbocycles. The van der Waals surface area contributed by atoms with Crippen molar-refractivity contribution in [2.45, 2.75) is 58.9 Å². The fourth-order valence-corrected chi connectivity index (χ4v) is 4.26. The van der Waals surface area contributed by atoms with Crippen LogP contribution in [-0.2, 0) is 12.8 Å². The van der Waals surface area contributed by atoms with Crippen LogP contribution in [0.15, 0.2) is 18.2 Å². The van der Waals surface area contributed by atoms with Crippen molar-refractivity contribution in [3.05, 3.63) is 34.9 Å². The van der Waals surface area contributed by atoms with Gasteiger partial charge in [-0.25, -0.2) is 0 Å². The first kappa shape index (κ1) is 14.1. The quantitative estimate of drug-likeness (QED) is 0.803. The normalized spacial score (nSPS) is 29.2. The topological polar surface area (TPSA) is 12.0 Å². The highest BCUT2D eigenvalue weighted by Gasteiger charge is 2.48. The molecule has 3 atom stereocenters. The summed E-state index contributed by atoms with van der Waals surface area (Å²) in [6, 6.07) is 7.76. The average Bonchev–Trinajstić information content (AvgIpc) is 3.10. The standard InChI is InChI=1S/C19H29N/c1-4-13-7-8-14(5-2)18(9-13)19(20-6-3)17-11-15-10-16(15)12-17/h7-9,15-17,19-20H,4-6,10-12H2,1-3H3. The Balaban J connectivity index is 1.88. The third kappa shape index (κ3) is 2.65. The van der Waals surface area contributed by atoms with Crippen molar-refractivity contribution in [3.8, 4) is 0 Å². The van der Waals surface area contributed by atoms with Gasteiger partial charge in [-0.3, -0.25) is 0 Å². The van der Waals surface area contributed by atoms with Crippen molar-refractivity contribution in [1.82, 2.24) is 5.32 Å². The first-order valence-electron chi connectivity index (χ1n) is 8.61. The molecule has 0 saturated heterocycles. The molecule has 0 spiro atoms. The molecular formula is C19H29N. The van der Waals surface area contributed by atoms with E-state index >= 15 is 0 Å². The summed E-state index contributed by atoms with van der Waals surface area (Å²) in [6.07, 6.45) is 6.74. The average molecular weight is 271 g/mol. The van der Waals surface area contributed by atoms with Gasteiger partial charge in [0.25, 0.3) is 0 Å². The van der Waals surface area contributed by atoms with Gasteiger partial charge < -0.3 is 5.32 Å². The highest BCUT2D eigenvalue weighted by Crippen LogP contribution is 2.57. The predicted octanol–water partition coefficient (Wildman–Crippen LogP) is 4.51. The molecule has 0 bridgehead atoms. The molecule has 0 amide bonds. The van der Waals surface area contributed by atoms with Crippen LogP contribution in [0, 0.1) is 17.8 Å². The fraction of sp³-hybridized carbons (Fsp3) is 0.684. The molecule has 3 unspecified atom stereocenters. The van der Waals surface area contributed by atoms with Gasteiger partial charge in [0.05, 0.1) is 0 Å². The van der Waals surface area contributed by atoms with Crippen LogP contribution in [0.25, 0.3) is 0 Å². The lowest BCUT2D eigenvalue weighted by Crippen LogP contribution is -2.28. The van der Waals surface area contributed by atoms with Gasteiger partial charge in [-0.15, -0.1) is 0 Å². The van der Waals surface area contributed by atoms with Crippen LogP contribution >= 0.6 is 0 Å². The molecule has 0 heterocycles. The summed E-state index contributed by atoms with van der Waals surface area (Å²) in [5.74, 6) is 3.01. The number of hydrogen-bond acceptors (Lipinski definition) is 1. The van der Waals surface area contributed by atoms with E-state index in [2.05, 4.69) is 44.3 Å². The monoisotopic (exact) mass is 271 g/mol. The molecule has 2 aliphatic rings. The van der Waals surface area contributed by atoms with Crippen LogP contribution in [-0.4, -0.2) is 6.54 Å². The Morgan fingerprint density at radius 3 is 2.40 bits per heavy atom. The molecule has 0 aliphatic heterocycles. The van der Waals surface area contributed by atoms with Crippen LogP contribution in [0.2, 0.25) is 0 Å². The SMILES string of the molecule is CCNC(c1cc(CC)ccc1CC)C1CC2CC2C1. The van der Waals surface area contributed by atoms with Crippen molar-refractivity contribution in [3.63, 3.8) is 0 Å². The van der Waals surface area contributed by atoms with Crippen molar-refractivity contribution < 1.29 is 0 Å². The van der Waals surface area contributed by atoms with Gasteiger partial charge in [-0.2, -0.15) is 0 Å². The predicted molar refractivity (Wildman–Crippen MR) is 85.9 cm³/mol. The maximum absolute atomic E-state index is 3.81. The molecule has 1 heteroatoms. The van der Waals surface area contributed by atoms with Gasteiger partial charge in [0, 0.05) is 6.04 Å². The lowest BCUT2D eigenvalue weighted by atomic mass is 9.85. The largest absolute Gasteiger partial charge is 0.310 e. The zero-order chi connectivity index (χ0) is 14.1. The first-order chi connectivity index (χ1) is 9.76. The number of aryl methyl sites for hydroxylation is 2. The molecule has 1 aromatic carbocycles. The van der Waals surface area contributed by atoms with E-state index in [0.717, 1.165) is 37.1 Å². The third-order valence-corrected chi connectivity index (χ3v) is 5.51. The number of rotatable bonds is 6. The Morgan fingerprint density at radius 1 is 1.05 bits per heavy atom. The van der Waals surface area contributed by atoms with Gasteiger partial charge in [0.1, 0.15) is 0 Å². The Bertz CT molecular complexity index is 455. The minimum Gasteiger partial charge on any atom is -0.310 e. The molecule has 2 saturated carbocycles. The van der Waals surface area contributed by atoms with E-state index in [1.54, 1.807) is 11.1 Å². The highest BCUT2D eigenvalue weighted by atomic mass is 14.9. The second kappa shape index (κ2) is 5.89. The third-order valence-electron chi connectivity index (χ3n) is 5.51. The Morgan fingerprint density at radius 2 is 1.80 bits per heavy atom. The summed E-state index contributed by atoms with van der Waals surface area (Å²) in [7, 11) is 0. The minimum atomic E-state index is 0.592. The van der Waals surface area contributed by atoms with Gasteiger partial charge >= 0.3 is 0 Å². The lowest BCUT2D eigenvalue weighted by molar-refractivity contribution is 0.345. The van der Waals surface area contributed by atoms with Gasteiger partial charge in [-0.1, -0.05) is 39.0 Å². The van der Waals surface area contributed by atoms with E-state index in [0.29, 0.717) is 6.04 Å². The number of fused-ring (bicyclic) bond motifs is 1. The summed E-state index contributed by atoms with van der Waals surface area (Å²) in [4.78, 5) is 0. The molecular weight excluding hydrogens is 242 g/mol. The zero-order valence-corrected chi connectivity index (χ0v) is 13.3. The number of benzene rings is 1. The zero-order valence-electron chi connectivity index (χ0n) is 13.3. The van der Waals surface area contributed by atoms with Crippen molar-refractivity contribution in [2.24, 2.45) is 17.8 Å². The van der Waals surface area contributed by atoms with Crippen molar-refractivity contribution >= 4 is 0 Å². The molecule has 1 nitrogen and oxygen atoms in total. The van der Waals surface area contributed by atoms with E-state index in [-0.39, 0.29) is 0 Å². The second-order valence-electron chi connectivity index (χ2n) is 6.76. The molecule has 2 fully saturated rings. The maximum Gasteiger partial charge on any atom is 0.0351 e. The summed E-state index contributed by atoms with van der Waals surface area (Å²) >= 11 is 0. The van der Waals surface area contributed by atoms with E-state index in [9.17, 15) is 0 Å². The van der Waals surface area contributed by atoms with E-state index < -0.39 is 0 Å².